The average molecular weight is 218 g/mol. The number of hydrogen-bond donors (Lipinski definition) is 0. The van der Waals surface area contributed by atoms with E-state index in [1.807, 2.05) is 12.1 Å². The second-order valence-corrected chi connectivity index (χ2v) is 2.95. The predicted octanol–water partition coefficient (Wildman–Crippen LogP) is 3.05. The summed E-state index contributed by atoms with van der Waals surface area (Å²) in [7, 11) is 0. The summed E-state index contributed by atoms with van der Waals surface area (Å²) in [5.74, 6) is 0. The zero-order valence-electron chi connectivity index (χ0n) is 5.14. The van der Waals surface area contributed by atoms with Crippen LogP contribution in [0.2, 0.25) is 0 Å². The molecule has 10 heavy (non-hydrogen) atoms. The van der Waals surface area contributed by atoms with Crippen molar-refractivity contribution in [2.24, 2.45) is 0 Å². The molecule has 0 saturated heterocycles. The fourth-order valence-electron chi connectivity index (χ4n) is 0.588. The molecule has 0 fully saturated rings. The molecule has 0 aromatic carbocycles. The fraction of sp³-hybridized carbons (Fsp3) is 0. The Balaban J connectivity index is 3.15. The van der Waals surface area contributed by atoms with Gasteiger partial charge in [-0.3, -0.25) is 0 Å². The van der Waals surface area contributed by atoms with Gasteiger partial charge in [0.25, 0.3) is 0 Å². The SMILES string of the molecule is C=C(Cl)c1cccnc1Br. The van der Waals surface area contributed by atoms with Gasteiger partial charge in [-0.2, -0.15) is 0 Å². The standard InChI is InChI=1S/C7H5BrClN/c1-5(9)6-3-2-4-10-7(6)8/h2-4H,1H2. The van der Waals surface area contributed by atoms with E-state index in [0.717, 1.165) is 10.2 Å². The number of hydrogen-bond acceptors (Lipinski definition) is 1. The van der Waals surface area contributed by atoms with E-state index in [9.17, 15) is 0 Å². The van der Waals surface area contributed by atoms with Crippen molar-refractivity contribution in [2.45, 2.75) is 0 Å². The van der Waals surface area contributed by atoms with Crippen molar-refractivity contribution in [1.82, 2.24) is 4.98 Å². The van der Waals surface area contributed by atoms with Gasteiger partial charge in [-0.1, -0.05) is 18.2 Å². The number of aromatic nitrogens is 1. The van der Waals surface area contributed by atoms with Crippen molar-refractivity contribution in [3.05, 3.63) is 35.1 Å². The summed E-state index contributed by atoms with van der Waals surface area (Å²) >= 11 is 8.88. The first kappa shape index (κ1) is 7.76. The minimum Gasteiger partial charge on any atom is -0.249 e. The lowest BCUT2D eigenvalue weighted by molar-refractivity contribution is 1.26. The minimum atomic E-state index is 0.500. The molecule has 0 aliphatic heterocycles. The second-order valence-electron chi connectivity index (χ2n) is 1.75. The number of halogens is 2. The third-order valence-corrected chi connectivity index (χ3v) is 1.89. The van der Waals surface area contributed by atoms with Crippen molar-refractivity contribution in [1.29, 1.82) is 0 Å². The lowest BCUT2D eigenvalue weighted by atomic mass is 10.3. The van der Waals surface area contributed by atoms with Crippen LogP contribution in [-0.2, 0) is 0 Å². The molecule has 1 aromatic rings. The van der Waals surface area contributed by atoms with Gasteiger partial charge in [-0.25, -0.2) is 4.98 Å². The molecule has 0 saturated carbocycles. The monoisotopic (exact) mass is 217 g/mol. The van der Waals surface area contributed by atoms with Crippen LogP contribution in [0.3, 0.4) is 0 Å². The van der Waals surface area contributed by atoms with Crippen LogP contribution in [0.15, 0.2) is 29.5 Å². The normalized spacial score (nSPS) is 9.40. The second kappa shape index (κ2) is 3.17. The largest absolute Gasteiger partial charge is 0.249 e. The molecule has 0 bridgehead atoms. The van der Waals surface area contributed by atoms with Crippen molar-refractivity contribution in [2.75, 3.05) is 0 Å². The molecule has 0 radical (unpaired) electrons. The van der Waals surface area contributed by atoms with Gasteiger partial charge >= 0.3 is 0 Å². The van der Waals surface area contributed by atoms with Gasteiger partial charge in [0.2, 0.25) is 0 Å². The molecular weight excluding hydrogens is 213 g/mol. The molecule has 0 aliphatic rings. The van der Waals surface area contributed by atoms with Crippen LogP contribution in [0.5, 0.6) is 0 Å². The summed E-state index contributed by atoms with van der Waals surface area (Å²) in [4.78, 5) is 3.97. The van der Waals surface area contributed by atoms with Gasteiger partial charge in [-0.15, -0.1) is 0 Å². The van der Waals surface area contributed by atoms with E-state index in [1.54, 1.807) is 6.20 Å². The van der Waals surface area contributed by atoms with Gasteiger partial charge in [0.15, 0.2) is 0 Å². The topological polar surface area (TPSA) is 12.9 Å². The van der Waals surface area contributed by atoms with E-state index >= 15 is 0 Å². The first-order valence-electron chi connectivity index (χ1n) is 2.67. The van der Waals surface area contributed by atoms with Gasteiger partial charge in [-0.05, 0) is 28.1 Å². The Morgan fingerprint density at radius 2 is 2.40 bits per heavy atom. The Labute approximate surface area is 72.9 Å². The Kier molecular flexibility index (Phi) is 2.46. The molecule has 0 unspecified atom stereocenters. The van der Waals surface area contributed by atoms with Crippen LogP contribution in [0, 0.1) is 0 Å². The molecule has 0 atom stereocenters. The molecular formula is C7H5BrClN. The van der Waals surface area contributed by atoms with Crippen LogP contribution in [0.4, 0.5) is 0 Å². The first-order valence-corrected chi connectivity index (χ1v) is 3.84. The lowest BCUT2D eigenvalue weighted by Gasteiger charge is -1.97. The summed E-state index contributed by atoms with van der Waals surface area (Å²) in [5.41, 5.74) is 0.837. The Morgan fingerprint density at radius 3 is 2.80 bits per heavy atom. The van der Waals surface area contributed by atoms with Crippen LogP contribution >= 0.6 is 27.5 Å². The molecule has 0 aliphatic carbocycles. The highest BCUT2D eigenvalue weighted by molar-refractivity contribution is 9.10. The number of pyridine rings is 1. The highest BCUT2D eigenvalue weighted by Crippen LogP contribution is 2.22. The van der Waals surface area contributed by atoms with Gasteiger partial charge in [0, 0.05) is 16.8 Å². The third-order valence-electron chi connectivity index (χ3n) is 1.05. The molecule has 1 heterocycles. The van der Waals surface area contributed by atoms with Crippen LogP contribution in [0.25, 0.3) is 5.03 Å². The number of nitrogens with zero attached hydrogens (tertiary/aromatic N) is 1. The third kappa shape index (κ3) is 1.58. The molecule has 3 heteroatoms. The molecule has 52 valence electrons. The van der Waals surface area contributed by atoms with Crippen LogP contribution in [-0.4, -0.2) is 4.98 Å². The van der Waals surface area contributed by atoms with E-state index in [2.05, 4.69) is 27.5 Å². The van der Waals surface area contributed by atoms with Gasteiger partial charge < -0.3 is 0 Å². The smallest absolute Gasteiger partial charge is 0.114 e. The maximum Gasteiger partial charge on any atom is 0.114 e. The molecule has 0 spiro atoms. The van der Waals surface area contributed by atoms with Gasteiger partial charge in [0.1, 0.15) is 4.60 Å². The van der Waals surface area contributed by atoms with Crippen molar-refractivity contribution >= 4 is 32.6 Å². The maximum atomic E-state index is 5.64. The van der Waals surface area contributed by atoms with Crippen LogP contribution in [0.1, 0.15) is 5.56 Å². The zero-order valence-corrected chi connectivity index (χ0v) is 7.48. The summed E-state index contributed by atoms with van der Waals surface area (Å²) in [5, 5.41) is 0.500. The van der Waals surface area contributed by atoms with Gasteiger partial charge in [0.05, 0.1) is 0 Å². The molecule has 1 nitrogen and oxygen atoms in total. The van der Waals surface area contributed by atoms with E-state index in [1.165, 1.54) is 0 Å². The van der Waals surface area contributed by atoms with Crippen molar-refractivity contribution in [3.63, 3.8) is 0 Å². The highest BCUT2D eigenvalue weighted by Gasteiger charge is 1.99. The Hall–Kier alpha value is -0.340. The fourth-order valence-corrected chi connectivity index (χ4v) is 1.34. The average Bonchev–Trinajstić information content (AvgIpc) is 1.88. The molecule has 0 N–H and O–H groups in total. The highest BCUT2D eigenvalue weighted by atomic mass is 79.9. The molecule has 1 rings (SSSR count). The number of rotatable bonds is 1. The van der Waals surface area contributed by atoms with E-state index in [-0.39, 0.29) is 0 Å². The quantitative estimate of drug-likeness (QED) is 0.660. The van der Waals surface area contributed by atoms with Crippen molar-refractivity contribution in [3.8, 4) is 0 Å². The van der Waals surface area contributed by atoms with E-state index < -0.39 is 0 Å². The summed E-state index contributed by atoms with van der Waals surface area (Å²) < 4.78 is 0.731. The molecule has 1 aromatic heterocycles. The Morgan fingerprint density at radius 1 is 1.70 bits per heavy atom. The summed E-state index contributed by atoms with van der Waals surface area (Å²) in [6, 6.07) is 3.67. The Bertz CT molecular complexity index is 260. The molecule has 0 amide bonds. The lowest BCUT2D eigenvalue weighted by Crippen LogP contribution is -1.80. The van der Waals surface area contributed by atoms with E-state index in [0.29, 0.717) is 5.03 Å². The zero-order chi connectivity index (χ0) is 7.56. The first-order chi connectivity index (χ1) is 4.72. The minimum absolute atomic E-state index is 0.500. The summed E-state index contributed by atoms with van der Waals surface area (Å²) in [6.45, 7) is 3.58. The predicted molar refractivity (Wildman–Crippen MR) is 46.8 cm³/mol. The van der Waals surface area contributed by atoms with E-state index in [4.69, 9.17) is 11.6 Å². The summed E-state index contributed by atoms with van der Waals surface area (Å²) in [6.07, 6.45) is 1.69. The van der Waals surface area contributed by atoms with Crippen LogP contribution < -0.4 is 0 Å². The maximum absolute atomic E-state index is 5.64. The van der Waals surface area contributed by atoms with Crippen molar-refractivity contribution < 1.29 is 0 Å².